The van der Waals surface area contributed by atoms with Crippen LogP contribution in [0.2, 0.25) is 0 Å². The number of rotatable bonds is 2. The maximum absolute atomic E-state index is 13.6. The number of amides is 1. The Morgan fingerprint density at radius 2 is 2.00 bits per heavy atom. The second-order valence-corrected chi connectivity index (χ2v) is 4.01. The zero-order valence-electron chi connectivity index (χ0n) is 9.78. The van der Waals surface area contributed by atoms with Gasteiger partial charge >= 0.3 is 12.0 Å². The number of halogens is 3. The standard InChI is InChI=1S/C12H13F2NO2.ClH/c1-2-8-3-5-9(6-4-8)10-12(13,14)7-17-11(16)15-10;/h3-6,10H,2,7H2,1H3,(H,15,16);1H/t10-;/m0./s1. The van der Waals surface area contributed by atoms with Gasteiger partial charge in [-0.2, -0.15) is 0 Å². The largest absolute Gasteiger partial charge is 0.443 e. The van der Waals surface area contributed by atoms with Crippen LogP contribution in [0.3, 0.4) is 0 Å². The van der Waals surface area contributed by atoms with Crippen molar-refractivity contribution in [2.45, 2.75) is 25.3 Å². The zero-order valence-corrected chi connectivity index (χ0v) is 10.6. The number of carbonyl (C=O) groups is 1. The number of hydrogen-bond acceptors (Lipinski definition) is 2. The van der Waals surface area contributed by atoms with Crippen molar-refractivity contribution in [3.63, 3.8) is 0 Å². The van der Waals surface area contributed by atoms with Gasteiger partial charge in [0, 0.05) is 0 Å². The van der Waals surface area contributed by atoms with Gasteiger partial charge in [-0.15, -0.1) is 12.4 Å². The van der Waals surface area contributed by atoms with Gasteiger partial charge < -0.3 is 10.1 Å². The molecule has 1 aromatic rings. The highest BCUT2D eigenvalue weighted by molar-refractivity contribution is 5.85. The summed E-state index contributed by atoms with van der Waals surface area (Å²) in [5.41, 5.74) is 1.46. The number of alkyl halides is 2. The SMILES string of the molecule is CCc1ccc([C@@H]2NC(=O)OCC2(F)F)cc1.Cl. The third-order valence-corrected chi connectivity index (χ3v) is 2.80. The van der Waals surface area contributed by atoms with Crippen molar-refractivity contribution in [3.8, 4) is 0 Å². The molecule has 1 amide bonds. The normalized spacial score (nSPS) is 21.5. The minimum Gasteiger partial charge on any atom is -0.443 e. The van der Waals surface area contributed by atoms with Gasteiger partial charge in [0.25, 0.3) is 0 Å². The lowest BCUT2D eigenvalue weighted by atomic mass is 9.98. The molecule has 1 aliphatic heterocycles. The quantitative estimate of drug-likeness (QED) is 0.902. The van der Waals surface area contributed by atoms with Crippen LogP contribution in [0.4, 0.5) is 13.6 Å². The van der Waals surface area contributed by atoms with E-state index in [1.165, 1.54) is 0 Å². The molecule has 0 spiro atoms. The predicted octanol–water partition coefficient (Wildman–Crippen LogP) is 3.09. The number of ether oxygens (including phenoxy) is 1. The first-order chi connectivity index (χ1) is 8.03. The molecule has 1 saturated heterocycles. The van der Waals surface area contributed by atoms with Crippen LogP contribution in [0.5, 0.6) is 0 Å². The number of cyclic esters (lactones) is 1. The van der Waals surface area contributed by atoms with Crippen molar-refractivity contribution in [1.29, 1.82) is 0 Å². The summed E-state index contributed by atoms with van der Waals surface area (Å²) in [4.78, 5) is 11.0. The Balaban J connectivity index is 0.00000162. The summed E-state index contributed by atoms with van der Waals surface area (Å²) in [6, 6.07) is 5.49. The van der Waals surface area contributed by atoms with E-state index in [-0.39, 0.29) is 12.4 Å². The van der Waals surface area contributed by atoms with Gasteiger partial charge in [-0.25, -0.2) is 13.6 Å². The van der Waals surface area contributed by atoms with E-state index in [0.717, 1.165) is 12.0 Å². The van der Waals surface area contributed by atoms with Crippen LogP contribution >= 0.6 is 12.4 Å². The van der Waals surface area contributed by atoms with E-state index in [1.807, 2.05) is 6.92 Å². The first-order valence-electron chi connectivity index (χ1n) is 5.43. The van der Waals surface area contributed by atoms with Gasteiger partial charge in [-0.05, 0) is 17.5 Å². The minimum atomic E-state index is -3.08. The predicted molar refractivity (Wildman–Crippen MR) is 65.2 cm³/mol. The van der Waals surface area contributed by atoms with Gasteiger partial charge in [-0.1, -0.05) is 31.2 Å². The van der Waals surface area contributed by atoms with Crippen molar-refractivity contribution < 1.29 is 18.3 Å². The van der Waals surface area contributed by atoms with Crippen LogP contribution in [-0.4, -0.2) is 18.6 Å². The average Bonchev–Trinajstić information content (AvgIpc) is 2.33. The maximum Gasteiger partial charge on any atom is 0.408 e. The molecule has 2 rings (SSSR count). The van der Waals surface area contributed by atoms with E-state index in [1.54, 1.807) is 24.3 Å². The van der Waals surface area contributed by atoms with Crippen molar-refractivity contribution in [2.75, 3.05) is 6.61 Å². The smallest absolute Gasteiger partial charge is 0.408 e. The highest BCUT2D eigenvalue weighted by Gasteiger charge is 2.46. The minimum absolute atomic E-state index is 0. The fourth-order valence-corrected chi connectivity index (χ4v) is 1.78. The number of benzene rings is 1. The zero-order chi connectivity index (χ0) is 12.5. The lowest BCUT2D eigenvalue weighted by Gasteiger charge is -2.31. The Hall–Kier alpha value is -1.36. The van der Waals surface area contributed by atoms with Crippen LogP contribution < -0.4 is 5.32 Å². The average molecular weight is 278 g/mol. The van der Waals surface area contributed by atoms with Crippen LogP contribution in [0.25, 0.3) is 0 Å². The van der Waals surface area contributed by atoms with Crippen LogP contribution in [0.15, 0.2) is 24.3 Å². The molecule has 1 aromatic carbocycles. The second kappa shape index (κ2) is 5.52. The summed E-state index contributed by atoms with van der Waals surface area (Å²) < 4.78 is 31.4. The fourth-order valence-electron chi connectivity index (χ4n) is 1.78. The summed E-state index contributed by atoms with van der Waals surface area (Å²) in [5.74, 6) is -3.08. The third-order valence-electron chi connectivity index (χ3n) is 2.80. The Labute approximate surface area is 110 Å². The molecule has 3 nitrogen and oxygen atoms in total. The van der Waals surface area contributed by atoms with E-state index >= 15 is 0 Å². The lowest BCUT2D eigenvalue weighted by molar-refractivity contribution is -0.104. The molecule has 1 fully saturated rings. The summed E-state index contributed by atoms with van der Waals surface area (Å²) >= 11 is 0. The molecule has 1 aliphatic rings. The second-order valence-electron chi connectivity index (χ2n) is 4.01. The number of hydrogen-bond donors (Lipinski definition) is 1. The Morgan fingerprint density at radius 3 is 2.56 bits per heavy atom. The summed E-state index contributed by atoms with van der Waals surface area (Å²) in [7, 11) is 0. The monoisotopic (exact) mass is 277 g/mol. The Bertz CT molecular complexity index is 423. The summed E-state index contributed by atoms with van der Waals surface area (Å²) in [6.45, 7) is 1.11. The van der Waals surface area contributed by atoms with Gasteiger partial charge in [0.15, 0.2) is 6.61 Å². The number of alkyl carbamates (subject to hydrolysis) is 1. The molecule has 1 heterocycles. The van der Waals surface area contributed by atoms with E-state index in [2.05, 4.69) is 10.1 Å². The first kappa shape index (κ1) is 14.7. The molecular formula is C12H14ClF2NO2. The molecule has 18 heavy (non-hydrogen) atoms. The molecule has 0 aromatic heterocycles. The molecule has 0 aliphatic carbocycles. The van der Waals surface area contributed by atoms with Gasteiger partial charge in [0.05, 0.1) is 0 Å². The molecule has 0 saturated carbocycles. The summed E-state index contributed by atoms with van der Waals surface area (Å²) in [5, 5.41) is 2.15. The molecule has 0 unspecified atom stereocenters. The number of nitrogens with one attached hydrogen (secondary N) is 1. The van der Waals surface area contributed by atoms with Gasteiger partial charge in [-0.3, -0.25) is 0 Å². The molecule has 0 bridgehead atoms. The van der Waals surface area contributed by atoms with E-state index in [0.29, 0.717) is 5.56 Å². The van der Waals surface area contributed by atoms with Crippen LogP contribution in [0, 0.1) is 0 Å². The first-order valence-corrected chi connectivity index (χ1v) is 5.43. The van der Waals surface area contributed by atoms with Crippen molar-refractivity contribution in [2.24, 2.45) is 0 Å². The molecule has 0 radical (unpaired) electrons. The molecule has 1 N–H and O–H groups in total. The van der Waals surface area contributed by atoms with E-state index in [9.17, 15) is 13.6 Å². The highest BCUT2D eigenvalue weighted by Crippen LogP contribution is 2.34. The van der Waals surface area contributed by atoms with Crippen molar-refractivity contribution in [1.82, 2.24) is 5.32 Å². The van der Waals surface area contributed by atoms with Crippen LogP contribution in [0.1, 0.15) is 24.1 Å². The third kappa shape index (κ3) is 2.90. The number of aryl methyl sites for hydroxylation is 1. The lowest BCUT2D eigenvalue weighted by Crippen LogP contribution is -2.49. The number of carbonyl (C=O) groups excluding carboxylic acids is 1. The van der Waals surface area contributed by atoms with Crippen LogP contribution in [-0.2, 0) is 11.2 Å². The topological polar surface area (TPSA) is 38.3 Å². The molecular weight excluding hydrogens is 264 g/mol. The van der Waals surface area contributed by atoms with E-state index < -0.39 is 24.7 Å². The Morgan fingerprint density at radius 1 is 1.39 bits per heavy atom. The Kier molecular flexibility index (Phi) is 4.51. The molecule has 1 atom stereocenters. The van der Waals surface area contributed by atoms with Gasteiger partial charge in [0.1, 0.15) is 6.04 Å². The molecule has 100 valence electrons. The summed E-state index contributed by atoms with van der Waals surface area (Å²) in [6.07, 6.45) is 0.0390. The van der Waals surface area contributed by atoms with Crippen molar-refractivity contribution in [3.05, 3.63) is 35.4 Å². The van der Waals surface area contributed by atoms with Crippen molar-refractivity contribution >= 4 is 18.5 Å². The maximum atomic E-state index is 13.6. The van der Waals surface area contributed by atoms with E-state index in [4.69, 9.17) is 0 Å². The highest BCUT2D eigenvalue weighted by atomic mass is 35.5. The van der Waals surface area contributed by atoms with Gasteiger partial charge in [0.2, 0.25) is 0 Å². The molecule has 6 heteroatoms. The fraction of sp³-hybridized carbons (Fsp3) is 0.417.